The molecule has 0 atom stereocenters. The Morgan fingerprint density at radius 2 is 1.33 bits per heavy atom. The molecule has 1 heteroatoms. The second-order valence-corrected chi connectivity index (χ2v) is 3.56. The average Bonchev–Trinajstić information content (AvgIpc) is 2.37. The first-order valence-corrected chi connectivity index (χ1v) is 5.55. The number of hydrogen-bond acceptors (Lipinski definition) is 1. The van der Waals surface area contributed by atoms with Gasteiger partial charge in [0.15, 0.2) is 0 Å². The lowest BCUT2D eigenvalue weighted by atomic mass is 10.3. The topological polar surface area (TPSA) is 0 Å². The molecule has 0 aliphatic carbocycles. The predicted octanol–water partition coefficient (Wildman–Crippen LogP) is 4.73. The molecule has 0 aromatic carbocycles. The number of thiophene rings is 1. The van der Waals surface area contributed by atoms with Gasteiger partial charge in [0, 0.05) is 9.75 Å². The maximum Gasteiger partial charge on any atom is 0.00462 e. The summed E-state index contributed by atoms with van der Waals surface area (Å²) in [6, 6.07) is 2.22. The molecular formula is C11H22S. The maximum atomic E-state index is 2.22. The third-order valence-electron chi connectivity index (χ3n) is 1.29. The summed E-state index contributed by atoms with van der Waals surface area (Å²) in [4.78, 5) is 2.86. The summed E-state index contributed by atoms with van der Waals surface area (Å²) >= 11 is 1.87. The van der Waals surface area contributed by atoms with Gasteiger partial charge in [0.2, 0.25) is 0 Å². The molecule has 0 saturated heterocycles. The highest BCUT2D eigenvalue weighted by Gasteiger charge is 1.93. The van der Waals surface area contributed by atoms with Crippen molar-refractivity contribution in [1.29, 1.82) is 0 Å². The van der Waals surface area contributed by atoms with Crippen molar-refractivity contribution < 1.29 is 0 Å². The molecule has 0 aliphatic rings. The summed E-state index contributed by atoms with van der Waals surface area (Å²) in [5.74, 6) is 0. The van der Waals surface area contributed by atoms with Crippen LogP contribution >= 0.6 is 11.3 Å². The summed E-state index contributed by atoms with van der Waals surface area (Å²) in [5.41, 5.74) is 1.42. The summed E-state index contributed by atoms with van der Waals surface area (Å²) in [6.07, 6.45) is 0. The Kier molecular flexibility index (Phi) is 10.4. The first-order valence-electron chi connectivity index (χ1n) is 4.74. The summed E-state index contributed by atoms with van der Waals surface area (Å²) in [6.45, 7) is 14.5. The minimum absolute atomic E-state index is 1.42. The molecule has 0 N–H and O–H groups in total. The van der Waals surface area contributed by atoms with E-state index in [1.165, 1.54) is 15.3 Å². The fraction of sp³-hybridized carbons (Fsp3) is 0.636. The molecule has 0 fully saturated rings. The number of aryl methyl sites for hydroxylation is 3. The highest BCUT2D eigenvalue weighted by atomic mass is 32.1. The SMILES string of the molecule is CC.CC.Cc1cc(C)c(C)s1. The molecule has 0 saturated carbocycles. The Hall–Kier alpha value is -0.300. The first-order chi connectivity index (χ1) is 5.70. The van der Waals surface area contributed by atoms with E-state index in [9.17, 15) is 0 Å². The van der Waals surface area contributed by atoms with E-state index in [2.05, 4.69) is 26.8 Å². The molecule has 0 bridgehead atoms. The molecule has 1 heterocycles. The highest BCUT2D eigenvalue weighted by molar-refractivity contribution is 7.12. The predicted molar refractivity (Wildman–Crippen MR) is 61.2 cm³/mol. The minimum atomic E-state index is 1.42. The zero-order chi connectivity index (χ0) is 10.1. The van der Waals surface area contributed by atoms with E-state index in [1.807, 2.05) is 39.0 Å². The van der Waals surface area contributed by atoms with Gasteiger partial charge in [0.1, 0.15) is 0 Å². The van der Waals surface area contributed by atoms with Crippen LogP contribution in [-0.4, -0.2) is 0 Å². The fourth-order valence-electron chi connectivity index (χ4n) is 0.758. The van der Waals surface area contributed by atoms with Crippen LogP contribution in [0.4, 0.5) is 0 Å². The Morgan fingerprint density at radius 1 is 0.917 bits per heavy atom. The van der Waals surface area contributed by atoms with Crippen LogP contribution in [0.25, 0.3) is 0 Å². The van der Waals surface area contributed by atoms with Crippen LogP contribution in [0, 0.1) is 20.8 Å². The van der Waals surface area contributed by atoms with Crippen molar-refractivity contribution in [2.75, 3.05) is 0 Å². The molecule has 0 radical (unpaired) electrons. The zero-order valence-corrected chi connectivity index (χ0v) is 10.3. The van der Waals surface area contributed by atoms with E-state index in [1.54, 1.807) is 0 Å². The van der Waals surface area contributed by atoms with Crippen molar-refractivity contribution in [3.8, 4) is 0 Å². The van der Waals surface area contributed by atoms with Crippen LogP contribution in [0.15, 0.2) is 6.07 Å². The van der Waals surface area contributed by atoms with Crippen LogP contribution in [0.1, 0.15) is 43.0 Å². The van der Waals surface area contributed by atoms with Gasteiger partial charge in [-0.25, -0.2) is 0 Å². The number of hydrogen-bond donors (Lipinski definition) is 0. The Labute approximate surface area is 81.6 Å². The first kappa shape index (κ1) is 14.2. The lowest BCUT2D eigenvalue weighted by Crippen LogP contribution is -1.62. The molecule has 1 aromatic heterocycles. The third kappa shape index (κ3) is 5.36. The van der Waals surface area contributed by atoms with Crippen LogP contribution in [0.5, 0.6) is 0 Å². The Balaban J connectivity index is 0. The van der Waals surface area contributed by atoms with Gasteiger partial charge in [-0.2, -0.15) is 0 Å². The highest BCUT2D eigenvalue weighted by Crippen LogP contribution is 2.18. The van der Waals surface area contributed by atoms with E-state index in [-0.39, 0.29) is 0 Å². The van der Waals surface area contributed by atoms with Crippen molar-refractivity contribution >= 4 is 11.3 Å². The molecule has 72 valence electrons. The second-order valence-electron chi connectivity index (χ2n) is 2.10. The van der Waals surface area contributed by atoms with Crippen LogP contribution in [-0.2, 0) is 0 Å². The van der Waals surface area contributed by atoms with E-state index in [0.29, 0.717) is 0 Å². The fourth-order valence-corrected chi connectivity index (χ4v) is 1.70. The summed E-state index contributed by atoms with van der Waals surface area (Å²) in [5, 5.41) is 0. The van der Waals surface area contributed by atoms with E-state index in [4.69, 9.17) is 0 Å². The average molecular weight is 186 g/mol. The molecule has 12 heavy (non-hydrogen) atoms. The molecule has 1 aromatic rings. The largest absolute Gasteiger partial charge is 0.146 e. The van der Waals surface area contributed by atoms with Crippen molar-refractivity contribution in [2.24, 2.45) is 0 Å². The molecule has 0 unspecified atom stereocenters. The van der Waals surface area contributed by atoms with Crippen molar-refractivity contribution in [3.63, 3.8) is 0 Å². The standard InChI is InChI=1S/C7H10S.2C2H6/c1-5-4-6(2)8-7(5)3;2*1-2/h4H,1-3H3;2*1-2H3. The van der Waals surface area contributed by atoms with Gasteiger partial charge in [-0.05, 0) is 32.4 Å². The van der Waals surface area contributed by atoms with Crippen molar-refractivity contribution in [2.45, 2.75) is 48.5 Å². The van der Waals surface area contributed by atoms with Crippen molar-refractivity contribution in [3.05, 3.63) is 21.4 Å². The van der Waals surface area contributed by atoms with Gasteiger partial charge in [-0.3, -0.25) is 0 Å². The maximum absolute atomic E-state index is 2.22. The lowest BCUT2D eigenvalue weighted by molar-refractivity contribution is 1.43. The molecule has 0 amide bonds. The van der Waals surface area contributed by atoms with Gasteiger partial charge < -0.3 is 0 Å². The lowest BCUT2D eigenvalue weighted by Gasteiger charge is -1.79. The van der Waals surface area contributed by atoms with Gasteiger partial charge in [-0.1, -0.05) is 27.7 Å². The molecule has 1 rings (SSSR count). The quantitative estimate of drug-likeness (QED) is 0.549. The molecule has 0 spiro atoms. The van der Waals surface area contributed by atoms with Gasteiger partial charge in [0.25, 0.3) is 0 Å². The summed E-state index contributed by atoms with van der Waals surface area (Å²) in [7, 11) is 0. The van der Waals surface area contributed by atoms with Crippen LogP contribution in [0.2, 0.25) is 0 Å². The van der Waals surface area contributed by atoms with E-state index >= 15 is 0 Å². The van der Waals surface area contributed by atoms with Crippen LogP contribution in [0.3, 0.4) is 0 Å². The second kappa shape index (κ2) is 8.79. The minimum Gasteiger partial charge on any atom is -0.146 e. The summed E-state index contributed by atoms with van der Waals surface area (Å²) < 4.78 is 0. The third-order valence-corrected chi connectivity index (χ3v) is 2.36. The molecular weight excluding hydrogens is 164 g/mol. The Bertz CT molecular complexity index is 167. The monoisotopic (exact) mass is 186 g/mol. The Morgan fingerprint density at radius 3 is 1.42 bits per heavy atom. The van der Waals surface area contributed by atoms with E-state index in [0.717, 1.165) is 0 Å². The van der Waals surface area contributed by atoms with E-state index < -0.39 is 0 Å². The molecule has 0 aliphatic heterocycles. The van der Waals surface area contributed by atoms with Crippen LogP contribution < -0.4 is 0 Å². The normalized spacial score (nSPS) is 7.58. The smallest absolute Gasteiger partial charge is 0.00462 e. The van der Waals surface area contributed by atoms with Crippen molar-refractivity contribution in [1.82, 2.24) is 0 Å². The van der Waals surface area contributed by atoms with Gasteiger partial charge in [0.05, 0.1) is 0 Å². The molecule has 0 nitrogen and oxygen atoms in total. The zero-order valence-electron chi connectivity index (χ0n) is 9.49. The van der Waals surface area contributed by atoms with Gasteiger partial charge >= 0.3 is 0 Å². The van der Waals surface area contributed by atoms with Gasteiger partial charge in [-0.15, -0.1) is 11.3 Å². The number of rotatable bonds is 0.